The molecule has 1 aromatic heterocycles. The number of nitrogens with two attached hydrogens (primary N) is 1. The molecule has 1 aliphatic heterocycles. The van der Waals surface area contributed by atoms with Crippen molar-refractivity contribution in [3.05, 3.63) is 46.6 Å². The van der Waals surface area contributed by atoms with E-state index in [1.165, 1.54) is 0 Å². The van der Waals surface area contributed by atoms with Crippen molar-refractivity contribution in [3.63, 3.8) is 0 Å². The molecule has 1 amide bonds. The average Bonchev–Trinajstić information content (AvgIpc) is 3.05. The molecule has 110 valence electrons. The third kappa shape index (κ3) is 2.63. The summed E-state index contributed by atoms with van der Waals surface area (Å²) in [7, 11) is 1.93. The highest BCUT2D eigenvalue weighted by Crippen LogP contribution is 2.29. The van der Waals surface area contributed by atoms with Crippen LogP contribution < -0.4 is 5.73 Å². The van der Waals surface area contributed by atoms with Crippen LogP contribution in [-0.2, 0) is 7.05 Å². The van der Waals surface area contributed by atoms with Crippen LogP contribution in [-0.4, -0.2) is 34.5 Å². The van der Waals surface area contributed by atoms with Gasteiger partial charge in [-0.25, -0.2) is 0 Å². The molecule has 2 aromatic rings. The number of halogens is 1. The third-order valence-corrected chi connectivity index (χ3v) is 4.69. The van der Waals surface area contributed by atoms with Crippen LogP contribution in [0, 0.1) is 0 Å². The van der Waals surface area contributed by atoms with Crippen molar-refractivity contribution in [2.45, 2.75) is 12.5 Å². The SMILES string of the molecule is Cn1c(C(=O)N2CC[C@H](N)C2)ccc1-c1ccccc1Br. The molecule has 2 heterocycles. The van der Waals surface area contributed by atoms with Gasteiger partial charge in [-0.15, -0.1) is 0 Å². The van der Waals surface area contributed by atoms with E-state index in [2.05, 4.69) is 15.9 Å². The zero-order valence-corrected chi connectivity index (χ0v) is 13.5. The van der Waals surface area contributed by atoms with Gasteiger partial charge in [0.05, 0.1) is 0 Å². The minimum atomic E-state index is 0.0590. The number of carbonyl (C=O) groups is 1. The van der Waals surface area contributed by atoms with Crippen molar-refractivity contribution in [2.24, 2.45) is 12.8 Å². The number of likely N-dealkylation sites (tertiary alicyclic amines) is 1. The second-order valence-electron chi connectivity index (χ2n) is 5.44. The fourth-order valence-corrected chi connectivity index (χ4v) is 3.29. The summed E-state index contributed by atoms with van der Waals surface area (Å²) < 4.78 is 2.97. The van der Waals surface area contributed by atoms with Gasteiger partial charge in [-0.3, -0.25) is 4.79 Å². The molecule has 21 heavy (non-hydrogen) atoms. The van der Waals surface area contributed by atoms with Crippen molar-refractivity contribution in [3.8, 4) is 11.3 Å². The molecule has 1 fully saturated rings. The first kappa shape index (κ1) is 14.4. The zero-order valence-electron chi connectivity index (χ0n) is 11.9. The third-order valence-electron chi connectivity index (χ3n) is 4.00. The van der Waals surface area contributed by atoms with Gasteiger partial charge >= 0.3 is 0 Å². The van der Waals surface area contributed by atoms with Gasteiger partial charge < -0.3 is 15.2 Å². The molecule has 2 N–H and O–H groups in total. The van der Waals surface area contributed by atoms with Gasteiger partial charge in [0.2, 0.25) is 0 Å². The van der Waals surface area contributed by atoms with Crippen LogP contribution in [0.3, 0.4) is 0 Å². The van der Waals surface area contributed by atoms with E-state index in [1.807, 2.05) is 52.9 Å². The molecule has 4 nitrogen and oxygen atoms in total. The summed E-state index contributed by atoms with van der Waals surface area (Å²) in [4.78, 5) is 14.4. The van der Waals surface area contributed by atoms with E-state index >= 15 is 0 Å². The van der Waals surface area contributed by atoms with Crippen LogP contribution in [0.25, 0.3) is 11.3 Å². The monoisotopic (exact) mass is 347 g/mol. The van der Waals surface area contributed by atoms with Crippen molar-refractivity contribution < 1.29 is 4.79 Å². The van der Waals surface area contributed by atoms with Crippen molar-refractivity contribution in [1.82, 2.24) is 9.47 Å². The fourth-order valence-electron chi connectivity index (χ4n) is 2.80. The Bertz CT molecular complexity index is 680. The maximum Gasteiger partial charge on any atom is 0.270 e. The fraction of sp³-hybridized carbons (Fsp3) is 0.312. The normalized spacial score (nSPS) is 18.2. The standard InChI is InChI=1S/C16H18BrN3O/c1-19-14(12-4-2-3-5-13(12)17)6-7-15(19)16(21)20-9-8-11(18)10-20/h2-7,11H,8-10,18H2,1H3/t11-/m0/s1. The minimum absolute atomic E-state index is 0.0590. The van der Waals surface area contributed by atoms with Crippen molar-refractivity contribution in [2.75, 3.05) is 13.1 Å². The molecule has 0 saturated carbocycles. The largest absolute Gasteiger partial charge is 0.340 e. The second kappa shape index (κ2) is 5.66. The molecule has 1 saturated heterocycles. The quantitative estimate of drug-likeness (QED) is 0.907. The van der Waals surface area contributed by atoms with E-state index < -0.39 is 0 Å². The van der Waals surface area contributed by atoms with Gasteiger partial charge in [0, 0.05) is 41.9 Å². The number of benzene rings is 1. The van der Waals surface area contributed by atoms with E-state index in [0.717, 1.165) is 28.7 Å². The van der Waals surface area contributed by atoms with Crippen LogP contribution in [0.2, 0.25) is 0 Å². The van der Waals surface area contributed by atoms with Gasteiger partial charge in [0.15, 0.2) is 0 Å². The van der Waals surface area contributed by atoms with Gasteiger partial charge in [-0.1, -0.05) is 34.1 Å². The average molecular weight is 348 g/mol. The number of amides is 1. The van der Waals surface area contributed by atoms with Crippen LogP contribution in [0.4, 0.5) is 0 Å². The lowest BCUT2D eigenvalue weighted by atomic mass is 10.1. The van der Waals surface area contributed by atoms with Crippen molar-refractivity contribution >= 4 is 21.8 Å². The Labute approximate surface area is 132 Å². The van der Waals surface area contributed by atoms with Crippen LogP contribution >= 0.6 is 15.9 Å². The first-order chi connectivity index (χ1) is 10.1. The predicted octanol–water partition coefficient (Wildman–Crippen LogP) is 2.63. The Hall–Kier alpha value is -1.59. The highest BCUT2D eigenvalue weighted by atomic mass is 79.9. The highest BCUT2D eigenvalue weighted by molar-refractivity contribution is 9.10. The molecule has 1 atom stereocenters. The van der Waals surface area contributed by atoms with Gasteiger partial charge in [0.25, 0.3) is 5.91 Å². The Kier molecular flexibility index (Phi) is 3.87. The second-order valence-corrected chi connectivity index (χ2v) is 6.30. The predicted molar refractivity (Wildman–Crippen MR) is 87.0 cm³/mol. The summed E-state index contributed by atoms with van der Waals surface area (Å²) in [6, 6.07) is 12.0. The van der Waals surface area contributed by atoms with E-state index in [1.54, 1.807) is 0 Å². The van der Waals surface area contributed by atoms with Crippen LogP contribution in [0.5, 0.6) is 0 Å². The Morgan fingerprint density at radius 1 is 1.29 bits per heavy atom. The van der Waals surface area contributed by atoms with E-state index in [4.69, 9.17) is 5.73 Å². The first-order valence-electron chi connectivity index (χ1n) is 7.03. The number of rotatable bonds is 2. The Morgan fingerprint density at radius 3 is 2.71 bits per heavy atom. The summed E-state index contributed by atoms with van der Waals surface area (Å²) in [6.07, 6.45) is 0.882. The van der Waals surface area contributed by atoms with Crippen LogP contribution in [0.1, 0.15) is 16.9 Å². The maximum absolute atomic E-state index is 12.6. The minimum Gasteiger partial charge on any atom is -0.340 e. The van der Waals surface area contributed by atoms with Crippen molar-refractivity contribution in [1.29, 1.82) is 0 Å². The van der Waals surface area contributed by atoms with Crippen LogP contribution in [0.15, 0.2) is 40.9 Å². The lowest BCUT2D eigenvalue weighted by molar-refractivity contribution is 0.0781. The number of hydrogen-bond donors (Lipinski definition) is 1. The Balaban J connectivity index is 1.93. The molecule has 0 spiro atoms. The number of carbonyl (C=O) groups excluding carboxylic acids is 1. The lowest BCUT2D eigenvalue weighted by Gasteiger charge is -2.17. The topological polar surface area (TPSA) is 51.3 Å². The van der Waals surface area contributed by atoms with E-state index in [0.29, 0.717) is 12.2 Å². The molecule has 0 radical (unpaired) electrons. The zero-order chi connectivity index (χ0) is 15.0. The number of aromatic nitrogens is 1. The summed E-state index contributed by atoms with van der Waals surface area (Å²) in [5, 5.41) is 0. The molecule has 3 rings (SSSR count). The first-order valence-corrected chi connectivity index (χ1v) is 7.82. The lowest BCUT2D eigenvalue weighted by Crippen LogP contribution is -2.32. The van der Waals surface area contributed by atoms with E-state index in [-0.39, 0.29) is 11.9 Å². The number of hydrogen-bond acceptors (Lipinski definition) is 2. The molecular formula is C16H18BrN3O. The van der Waals surface area contributed by atoms with E-state index in [9.17, 15) is 4.79 Å². The summed E-state index contributed by atoms with van der Waals surface area (Å²) in [6.45, 7) is 1.39. The van der Waals surface area contributed by atoms with Gasteiger partial charge in [0.1, 0.15) is 5.69 Å². The van der Waals surface area contributed by atoms with Gasteiger partial charge in [-0.05, 0) is 24.6 Å². The molecule has 0 unspecified atom stereocenters. The Morgan fingerprint density at radius 2 is 2.05 bits per heavy atom. The number of nitrogens with zero attached hydrogens (tertiary/aromatic N) is 2. The smallest absolute Gasteiger partial charge is 0.270 e. The maximum atomic E-state index is 12.6. The molecular weight excluding hydrogens is 330 g/mol. The molecule has 1 aliphatic rings. The highest BCUT2D eigenvalue weighted by Gasteiger charge is 2.26. The van der Waals surface area contributed by atoms with Gasteiger partial charge in [-0.2, -0.15) is 0 Å². The molecule has 0 aliphatic carbocycles. The molecule has 1 aromatic carbocycles. The summed E-state index contributed by atoms with van der Waals surface area (Å²) in [5.41, 5.74) is 8.70. The molecule has 0 bridgehead atoms. The molecule has 5 heteroatoms. The summed E-state index contributed by atoms with van der Waals surface area (Å²) in [5.74, 6) is 0.0590. The summed E-state index contributed by atoms with van der Waals surface area (Å²) >= 11 is 3.56.